The second-order valence-corrected chi connectivity index (χ2v) is 6.17. The Morgan fingerprint density at radius 2 is 1.93 bits per heavy atom. The van der Waals surface area contributed by atoms with Crippen LogP contribution in [0.3, 0.4) is 0 Å². The monoisotopic (exact) mass is 227 g/mol. The number of phenolic OH excluding ortho intramolecular Hbond substituents is 1. The first-order chi connectivity index (χ1) is 7.03. The maximum Gasteiger partial charge on any atom is 0.188 e. The van der Waals surface area contributed by atoms with Gasteiger partial charge in [0.2, 0.25) is 0 Å². The van der Waals surface area contributed by atoms with Crippen molar-refractivity contribution in [1.29, 1.82) is 0 Å². The highest BCUT2D eigenvalue weighted by molar-refractivity contribution is 7.93. The smallest absolute Gasteiger partial charge is 0.188 e. The Balaban J connectivity index is 2.52. The van der Waals surface area contributed by atoms with Crippen LogP contribution >= 0.6 is 0 Å². The van der Waals surface area contributed by atoms with Crippen molar-refractivity contribution in [2.24, 2.45) is 5.73 Å². The Kier molecular flexibility index (Phi) is 2.24. The molecule has 1 aliphatic carbocycles. The van der Waals surface area contributed by atoms with Crippen molar-refractivity contribution < 1.29 is 13.5 Å². The normalized spacial score (nSPS) is 18.7. The molecule has 0 atom stereocenters. The van der Waals surface area contributed by atoms with Crippen LogP contribution in [0.2, 0.25) is 0 Å². The molecule has 1 saturated carbocycles. The van der Waals surface area contributed by atoms with Crippen LogP contribution in [0.1, 0.15) is 12.8 Å². The quantitative estimate of drug-likeness (QED) is 0.794. The average molecular weight is 227 g/mol. The third-order valence-electron chi connectivity index (χ3n) is 2.90. The summed E-state index contributed by atoms with van der Waals surface area (Å²) < 4.78 is 23.4. The minimum absolute atomic E-state index is 0.00653. The maximum absolute atomic E-state index is 12.1. The molecule has 1 aromatic rings. The van der Waals surface area contributed by atoms with Crippen molar-refractivity contribution in [3.8, 4) is 5.75 Å². The van der Waals surface area contributed by atoms with Crippen LogP contribution in [-0.2, 0) is 9.84 Å². The molecule has 0 bridgehead atoms. The molecule has 0 saturated heterocycles. The molecule has 0 heterocycles. The van der Waals surface area contributed by atoms with Crippen LogP contribution in [-0.4, -0.2) is 24.8 Å². The van der Waals surface area contributed by atoms with Gasteiger partial charge in [-0.25, -0.2) is 8.42 Å². The Morgan fingerprint density at radius 3 is 2.40 bits per heavy atom. The van der Waals surface area contributed by atoms with Crippen LogP contribution in [0.5, 0.6) is 5.75 Å². The van der Waals surface area contributed by atoms with Gasteiger partial charge in [0.05, 0.1) is 4.75 Å². The van der Waals surface area contributed by atoms with Gasteiger partial charge in [-0.1, -0.05) is 12.1 Å². The number of benzene rings is 1. The Hall–Kier alpha value is -1.07. The van der Waals surface area contributed by atoms with Gasteiger partial charge in [0, 0.05) is 6.54 Å². The number of phenols is 1. The molecule has 0 amide bonds. The fraction of sp³-hybridized carbons (Fsp3) is 0.400. The highest BCUT2D eigenvalue weighted by Crippen LogP contribution is 2.47. The fourth-order valence-electron chi connectivity index (χ4n) is 1.64. The van der Waals surface area contributed by atoms with E-state index in [4.69, 9.17) is 5.73 Å². The first-order valence-electron chi connectivity index (χ1n) is 4.76. The molecule has 2 rings (SSSR count). The molecule has 4 nitrogen and oxygen atoms in total. The van der Waals surface area contributed by atoms with E-state index >= 15 is 0 Å². The zero-order valence-electron chi connectivity index (χ0n) is 8.18. The van der Waals surface area contributed by atoms with Crippen molar-refractivity contribution in [3.05, 3.63) is 24.3 Å². The molecular formula is C10H13NO3S. The summed E-state index contributed by atoms with van der Waals surface area (Å²) in [5.74, 6) is -0.197. The van der Waals surface area contributed by atoms with Gasteiger partial charge in [0.25, 0.3) is 0 Å². The van der Waals surface area contributed by atoms with Crippen molar-refractivity contribution in [1.82, 2.24) is 0 Å². The molecule has 0 spiro atoms. The number of rotatable bonds is 3. The van der Waals surface area contributed by atoms with Crippen LogP contribution in [0.25, 0.3) is 0 Å². The Labute approximate surface area is 88.6 Å². The Morgan fingerprint density at radius 1 is 1.33 bits per heavy atom. The lowest BCUT2D eigenvalue weighted by atomic mass is 10.3. The van der Waals surface area contributed by atoms with Crippen molar-refractivity contribution >= 4 is 9.84 Å². The lowest BCUT2D eigenvalue weighted by Crippen LogP contribution is -2.31. The van der Waals surface area contributed by atoms with Crippen molar-refractivity contribution in [2.75, 3.05) is 6.54 Å². The van der Waals surface area contributed by atoms with E-state index in [1.165, 1.54) is 12.1 Å². The van der Waals surface area contributed by atoms with Crippen LogP contribution in [0.15, 0.2) is 29.2 Å². The van der Waals surface area contributed by atoms with E-state index in [9.17, 15) is 13.5 Å². The summed E-state index contributed by atoms with van der Waals surface area (Å²) in [6, 6.07) is 5.98. The molecule has 15 heavy (non-hydrogen) atoms. The lowest BCUT2D eigenvalue weighted by Gasteiger charge is -2.14. The average Bonchev–Trinajstić information content (AvgIpc) is 2.98. The van der Waals surface area contributed by atoms with Crippen molar-refractivity contribution in [3.63, 3.8) is 0 Å². The molecule has 82 valence electrons. The molecule has 1 aliphatic rings. The van der Waals surface area contributed by atoms with Gasteiger partial charge in [-0.05, 0) is 25.0 Å². The zero-order valence-corrected chi connectivity index (χ0v) is 9.00. The van der Waals surface area contributed by atoms with Gasteiger partial charge < -0.3 is 10.8 Å². The summed E-state index contributed by atoms with van der Waals surface area (Å²) in [6.45, 7) is 0.115. The summed E-state index contributed by atoms with van der Waals surface area (Å²) in [7, 11) is -3.48. The van der Waals surface area contributed by atoms with Crippen LogP contribution in [0.4, 0.5) is 0 Å². The number of hydrogen-bond donors (Lipinski definition) is 2. The predicted octanol–water partition coefficient (Wildman–Crippen LogP) is 0.657. The van der Waals surface area contributed by atoms with E-state index in [2.05, 4.69) is 0 Å². The summed E-state index contributed by atoms with van der Waals surface area (Å²) >= 11 is 0. The van der Waals surface area contributed by atoms with Gasteiger partial charge in [0.1, 0.15) is 10.6 Å². The minimum Gasteiger partial charge on any atom is -0.507 e. The molecule has 0 aromatic heterocycles. The lowest BCUT2D eigenvalue weighted by molar-refractivity contribution is 0.457. The van der Waals surface area contributed by atoms with E-state index in [-0.39, 0.29) is 17.2 Å². The summed E-state index contributed by atoms with van der Waals surface area (Å²) in [4.78, 5) is -0.00653. The van der Waals surface area contributed by atoms with Gasteiger partial charge >= 0.3 is 0 Å². The predicted molar refractivity (Wildman–Crippen MR) is 56.3 cm³/mol. The standard InChI is InChI=1S/C10H13NO3S/c11-7-10(5-6-10)15(13,14)9-4-2-1-3-8(9)12/h1-4,12H,5-7,11H2. The first-order valence-corrected chi connectivity index (χ1v) is 6.24. The second-order valence-electron chi connectivity index (χ2n) is 3.86. The number of hydrogen-bond acceptors (Lipinski definition) is 4. The molecule has 1 fully saturated rings. The zero-order chi connectivity index (χ0) is 11.1. The number of sulfone groups is 1. The summed E-state index contributed by atoms with van der Waals surface area (Å²) in [5, 5.41) is 9.51. The SMILES string of the molecule is NCC1(S(=O)(=O)c2ccccc2O)CC1. The largest absolute Gasteiger partial charge is 0.507 e. The van der Waals surface area contributed by atoms with E-state index in [1.807, 2.05) is 0 Å². The highest BCUT2D eigenvalue weighted by Gasteiger charge is 2.54. The van der Waals surface area contributed by atoms with E-state index in [0.717, 1.165) is 0 Å². The molecule has 5 heteroatoms. The molecule has 3 N–H and O–H groups in total. The minimum atomic E-state index is -3.48. The third kappa shape index (κ3) is 1.42. The van der Waals surface area contributed by atoms with Crippen molar-refractivity contribution in [2.45, 2.75) is 22.5 Å². The molecule has 0 aliphatic heterocycles. The second kappa shape index (κ2) is 3.21. The van der Waals surface area contributed by atoms with E-state index in [0.29, 0.717) is 12.8 Å². The number of para-hydroxylation sites is 1. The molecule has 0 unspecified atom stereocenters. The van der Waals surface area contributed by atoms with Gasteiger partial charge in [0.15, 0.2) is 9.84 Å². The number of nitrogens with two attached hydrogens (primary N) is 1. The van der Waals surface area contributed by atoms with Crippen LogP contribution < -0.4 is 5.73 Å². The summed E-state index contributed by atoms with van der Waals surface area (Å²) in [5.41, 5.74) is 5.48. The summed E-state index contributed by atoms with van der Waals surface area (Å²) in [6.07, 6.45) is 1.17. The van der Waals surface area contributed by atoms with Gasteiger partial charge in [-0.15, -0.1) is 0 Å². The molecular weight excluding hydrogens is 214 g/mol. The topological polar surface area (TPSA) is 80.4 Å². The maximum atomic E-state index is 12.1. The third-order valence-corrected chi connectivity index (χ3v) is 5.54. The molecule has 1 aromatic carbocycles. The van der Waals surface area contributed by atoms with E-state index in [1.54, 1.807) is 12.1 Å². The van der Waals surface area contributed by atoms with Gasteiger partial charge in [-0.3, -0.25) is 0 Å². The van der Waals surface area contributed by atoms with E-state index < -0.39 is 14.6 Å². The van der Waals surface area contributed by atoms with Gasteiger partial charge in [-0.2, -0.15) is 0 Å². The highest BCUT2D eigenvalue weighted by atomic mass is 32.2. The number of aromatic hydroxyl groups is 1. The Bertz CT molecular complexity index is 477. The fourth-order valence-corrected chi connectivity index (χ4v) is 3.57. The molecule has 0 radical (unpaired) electrons. The first kappa shape index (κ1) is 10.4. The van der Waals surface area contributed by atoms with Crippen LogP contribution in [0, 0.1) is 0 Å².